The lowest BCUT2D eigenvalue weighted by Gasteiger charge is -2.15. The van der Waals surface area contributed by atoms with Crippen molar-refractivity contribution in [2.75, 3.05) is 11.0 Å². The number of amides is 1. The van der Waals surface area contributed by atoms with Gasteiger partial charge in [-0.25, -0.2) is 16.8 Å². The summed E-state index contributed by atoms with van der Waals surface area (Å²) in [4.78, 5) is 12.7. The molecule has 30 heavy (non-hydrogen) atoms. The van der Waals surface area contributed by atoms with Gasteiger partial charge in [-0.1, -0.05) is 18.2 Å². The Morgan fingerprint density at radius 3 is 2.10 bits per heavy atom. The largest absolute Gasteiger partial charge is 0.346 e. The molecule has 1 amide bonds. The van der Waals surface area contributed by atoms with Crippen LogP contribution in [0.15, 0.2) is 75.1 Å². The van der Waals surface area contributed by atoms with Gasteiger partial charge in [0.05, 0.1) is 10.9 Å². The zero-order chi connectivity index (χ0) is 21.9. The number of anilines is 1. The summed E-state index contributed by atoms with van der Waals surface area (Å²) in [5.74, 6) is -0.331. The molecule has 7 nitrogen and oxygen atoms in total. The van der Waals surface area contributed by atoms with E-state index >= 15 is 0 Å². The molecule has 3 aromatic rings. The number of thiophene rings is 1. The minimum absolute atomic E-state index is 0.208. The highest BCUT2D eigenvalue weighted by molar-refractivity contribution is 7.94. The number of benzene rings is 2. The maximum atomic E-state index is 12.5. The Kier molecular flexibility index (Phi) is 6.30. The molecule has 10 heteroatoms. The van der Waals surface area contributed by atoms with Crippen LogP contribution in [0, 0.1) is 0 Å². The molecule has 1 unspecified atom stereocenters. The summed E-state index contributed by atoms with van der Waals surface area (Å²) < 4.78 is 50.3. The van der Waals surface area contributed by atoms with E-state index in [1.807, 2.05) is 0 Å². The molecule has 0 bridgehead atoms. The van der Waals surface area contributed by atoms with Crippen molar-refractivity contribution in [1.29, 1.82) is 0 Å². The van der Waals surface area contributed by atoms with Crippen LogP contribution in [0.3, 0.4) is 0 Å². The first-order chi connectivity index (χ1) is 14.1. The highest BCUT2D eigenvalue weighted by Crippen LogP contribution is 2.21. The van der Waals surface area contributed by atoms with E-state index in [4.69, 9.17) is 0 Å². The molecular formula is C20H20N2O5S3. The molecule has 1 atom stereocenters. The van der Waals surface area contributed by atoms with Crippen molar-refractivity contribution in [3.63, 3.8) is 0 Å². The Bertz CT molecular complexity index is 1230. The number of hydrogen-bond acceptors (Lipinski definition) is 6. The Balaban J connectivity index is 1.66. The highest BCUT2D eigenvalue weighted by atomic mass is 32.2. The number of nitrogens with one attached hydrogen (secondary N) is 2. The molecule has 0 saturated carbocycles. The van der Waals surface area contributed by atoms with Gasteiger partial charge in [0, 0.05) is 17.5 Å². The Hall–Kier alpha value is -2.69. The van der Waals surface area contributed by atoms with Crippen LogP contribution in [0.5, 0.6) is 0 Å². The average Bonchev–Trinajstić information content (AvgIpc) is 3.23. The first kappa shape index (κ1) is 22.0. The van der Waals surface area contributed by atoms with Gasteiger partial charge in [-0.05, 0) is 60.3 Å². The van der Waals surface area contributed by atoms with Crippen molar-refractivity contribution in [1.82, 2.24) is 5.32 Å². The summed E-state index contributed by atoms with van der Waals surface area (Å²) in [5, 5.41) is 4.51. The molecule has 0 fully saturated rings. The third-order valence-corrected chi connectivity index (χ3v) is 8.22. The maximum absolute atomic E-state index is 12.5. The molecule has 3 rings (SSSR count). The van der Waals surface area contributed by atoms with Crippen LogP contribution < -0.4 is 10.0 Å². The topological polar surface area (TPSA) is 109 Å². The van der Waals surface area contributed by atoms with Crippen LogP contribution in [0.4, 0.5) is 5.69 Å². The van der Waals surface area contributed by atoms with Crippen LogP contribution in [-0.2, 0) is 19.9 Å². The zero-order valence-corrected chi connectivity index (χ0v) is 18.6. The fourth-order valence-electron chi connectivity index (χ4n) is 2.68. The molecule has 0 aliphatic carbocycles. The number of rotatable bonds is 7. The predicted molar refractivity (Wildman–Crippen MR) is 117 cm³/mol. The summed E-state index contributed by atoms with van der Waals surface area (Å²) in [5.41, 5.74) is 1.48. The van der Waals surface area contributed by atoms with Crippen molar-refractivity contribution < 1.29 is 21.6 Å². The van der Waals surface area contributed by atoms with Gasteiger partial charge in [-0.2, -0.15) is 0 Å². The van der Waals surface area contributed by atoms with Crippen LogP contribution in [-0.4, -0.2) is 29.0 Å². The average molecular weight is 465 g/mol. The normalized spacial score (nSPS) is 12.9. The van der Waals surface area contributed by atoms with E-state index in [9.17, 15) is 21.6 Å². The molecular weight excluding hydrogens is 444 g/mol. The van der Waals surface area contributed by atoms with Gasteiger partial charge >= 0.3 is 0 Å². The second kappa shape index (κ2) is 8.58. The van der Waals surface area contributed by atoms with E-state index in [1.54, 1.807) is 30.5 Å². The van der Waals surface area contributed by atoms with E-state index < -0.39 is 19.9 Å². The molecule has 0 spiro atoms. The summed E-state index contributed by atoms with van der Waals surface area (Å²) in [7, 11) is -6.93. The summed E-state index contributed by atoms with van der Waals surface area (Å²) in [6.45, 7) is 1.79. The molecule has 0 radical (unpaired) electrons. The lowest BCUT2D eigenvalue weighted by Crippen LogP contribution is -2.26. The van der Waals surface area contributed by atoms with Crippen LogP contribution in [0.2, 0.25) is 0 Å². The Labute approximate surface area is 179 Å². The summed E-state index contributed by atoms with van der Waals surface area (Å²) >= 11 is 1.12. The molecule has 158 valence electrons. The molecule has 0 saturated heterocycles. The summed E-state index contributed by atoms with van der Waals surface area (Å²) in [6, 6.07) is 15.2. The van der Waals surface area contributed by atoms with Gasteiger partial charge in [-0.3, -0.25) is 9.52 Å². The van der Waals surface area contributed by atoms with E-state index in [1.165, 1.54) is 42.5 Å². The fourth-order valence-corrected chi connectivity index (χ4v) is 5.36. The van der Waals surface area contributed by atoms with Crippen molar-refractivity contribution in [3.8, 4) is 0 Å². The van der Waals surface area contributed by atoms with Crippen molar-refractivity contribution >= 4 is 42.8 Å². The van der Waals surface area contributed by atoms with Crippen molar-refractivity contribution in [2.45, 2.75) is 22.1 Å². The number of carbonyl (C=O) groups excluding carboxylic acids is 1. The van der Waals surface area contributed by atoms with Gasteiger partial charge in [0.1, 0.15) is 4.21 Å². The molecule has 2 N–H and O–H groups in total. The van der Waals surface area contributed by atoms with Gasteiger partial charge in [0.25, 0.3) is 15.9 Å². The van der Waals surface area contributed by atoms with Gasteiger partial charge < -0.3 is 5.32 Å². The lowest BCUT2D eigenvalue weighted by molar-refractivity contribution is 0.0940. The molecule has 2 aromatic carbocycles. The second-order valence-corrected chi connectivity index (χ2v) is 11.5. The first-order valence-corrected chi connectivity index (χ1v) is 13.1. The van der Waals surface area contributed by atoms with Gasteiger partial charge in [0.2, 0.25) is 0 Å². The Morgan fingerprint density at radius 1 is 0.933 bits per heavy atom. The summed E-state index contributed by atoms with van der Waals surface area (Å²) in [6.07, 6.45) is 1.14. The minimum atomic E-state index is -3.65. The standard InChI is InChI=1S/C20H20N2O5S3/c1-14(15-7-11-18(12-8-15)29(2,24)25)21-20(23)16-5-9-17(10-6-16)22-30(26,27)19-4-3-13-28-19/h3-14,22H,1-2H3,(H,21,23). The number of hydrogen-bond donors (Lipinski definition) is 2. The third-order valence-electron chi connectivity index (χ3n) is 4.32. The quantitative estimate of drug-likeness (QED) is 0.557. The van der Waals surface area contributed by atoms with Crippen LogP contribution in [0.25, 0.3) is 0 Å². The van der Waals surface area contributed by atoms with Gasteiger partial charge in [-0.15, -0.1) is 11.3 Å². The van der Waals surface area contributed by atoms with E-state index in [0.717, 1.165) is 23.2 Å². The molecule has 0 aliphatic heterocycles. The van der Waals surface area contributed by atoms with Crippen LogP contribution >= 0.6 is 11.3 Å². The van der Waals surface area contributed by atoms with E-state index in [-0.39, 0.29) is 21.1 Å². The highest BCUT2D eigenvalue weighted by Gasteiger charge is 2.16. The molecule has 1 heterocycles. The monoisotopic (exact) mass is 464 g/mol. The lowest BCUT2D eigenvalue weighted by atomic mass is 10.1. The number of carbonyl (C=O) groups is 1. The van der Waals surface area contributed by atoms with E-state index in [0.29, 0.717) is 11.3 Å². The molecule has 0 aliphatic rings. The molecule has 1 aromatic heterocycles. The Morgan fingerprint density at radius 2 is 1.57 bits per heavy atom. The van der Waals surface area contributed by atoms with Crippen LogP contribution in [0.1, 0.15) is 28.9 Å². The number of sulfone groups is 1. The van der Waals surface area contributed by atoms with Crippen molar-refractivity contribution in [2.24, 2.45) is 0 Å². The second-order valence-electron chi connectivity index (χ2n) is 6.65. The zero-order valence-electron chi connectivity index (χ0n) is 16.2. The number of sulfonamides is 1. The first-order valence-electron chi connectivity index (χ1n) is 8.83. The smallest absolute Gasteiger partial charge is 0.271 e. The van der Waals surface area contributed by atoms with Gasteiger partial charge in [0.15, 0.2) is 9.84 Å². The third kappa shape index (κ3) is 5.26. The van der Waals surface area contributed by atoms with Crippen molar-refractivity contribution in [3.05, 3.63) is 77.2 Å². The maximum Gasteiger partial charge on any atom is 0.271 e. The SMILES string of the molecule is CC(NC(=O)c1ccc(NS(=O)(=O)c2cccs2)cc1)c1ccc(S(C)(=O)=O)cc1. The van der Waals surface area contributed by atoms with E-state index in [2.05, 4.69) is 10.0 Å². The minimum Gasteiger partial charge on any atom is -0.346 e. The fraction of sp³-hybridized carbons (Fsp3) is 0.150. The predicted octanol–water partition coefficient (Wildman–Crippen LogP) is 3.44.